The Balaban J connectivity index is 1.57. The number of sulfonamides is 1. The summed E-state index contributed by atoms with van der Waals surface area (Å²) in [6, 6.07) is 14.3. The predicted molar refractivity (Wildman–Crippen MR) is 96.8 cm³/mol. The highest BCUT2D eigenvalue weighted by molar-refractivity contribution is 7.89. The van der Waals surface area contributed by atoms with E-state index in [-0.39, 0.29) is 23.3 Å². The molecule has 0 unspecified atom stereocenters. The molecule has 0 aliphatic carbocycles. The summed E-state index contributed by atoms with van der Waals surface area (Å²) in [4.78, 5) is 4.54. The topological polar surface area (TPSA) is 76.3 Å². The molecule has 1 fully saturated rings. The van der Waals surface area contributed by atoms with Crippen molar-refractivity contribution in [2.24, 2.45) is 5.92 Å². The molecule has 1 saturated heterocycles. The third kappa shape index (κ3) is 3.38. The van der Waals surface area contributed by atoms with Crippen LogP contribution in [0.4, 0.5) is 4.39 Å². The first-order valence-electron chi connectivity index (χ1n) is 8.60. The largest absolute Gasteiger partial charge is 0.339 e. The van der Waals surface area contributed by atoms with Gasteiger partial charge in [-0.25, -0.2) is 12.8 Å². The van der Waals surface area contributed by atoms with E-state index in [1.54, 1.807) is 0 Å². The summed E-state index contributed by atoms with van der Waals surface area (Å²) in [5.74, 6) is 0.270. The van der Waals surface area contributed by atoms with Crippen LogP contribution in [0.25, 0.3) is 11.4 Å². The molecule has 2 aromatic carbocycles. The van der Waals surface area contributed by atoms with Gasteiger partial charge < -0.3 is 4.52 Å². The third-order valence-electron chi connectivity index (χ3n) is 4.82. The van der Waals surface area contributed by atoms with Crippen LogP contribution in [0.2, 0.25) is 0 Å². The van der Waals surface area contributed by atoms with E-state index in [2.05, 4.69) is 10.1 Å². The van der Waals surface area contributed by atoms with E-state index in [4.69, 9.17) is 4.52 Å². The molecule has 6 nitrogen and oxygen atoms in total. The number of benzene rings is 2. The molecule has 3 aromatic rings. The first-order chi connectivity index (χ1) is 12.9. The molecular weight excluding hydrogens is 369 g/mol. The Hall–Kier alpha value is -2.58. The highest BCUT2D eigenvalue weighted by atomic mass is 32.2. The fourth-order valence-corrected chi connectivity index (χ4v) is 4.85. The summed E-state index contributed by atoms with van der Waals surface area (Å²) in [6.07, 6.45) is 0. The van der Waals surface area contributed by atoms with Crippen LogP contribution in [-0.4, -0.2) is 36.0 Å². The van der Waals surface area contributed by atoms with Gasteiger partial charge >= 0.3 is 0 Å². The maximum absolute atomic E-state index is 13.1. The van der Waals surface area contributed by atoms with Crippen molar-refractivity contribution in [1.82, 2.24) is 14.4 Å². The van der Waals surface area contributed by atoms with E-state index in [1.807, 2.05) is 37.3 Å². The third-order valence-corrected chi connectivity index (χ3v) is 6.67. The second-order valence-electron chi connectivity index (χ2n) is 6.68. The fourth-order valence-electron chi connectivity index (χ4n) is 3.29. The first kappa shape index (κ1) is 17.8. The molecule has 1 aliphatic rings. The zero-order chi connectivity index (χ0) is 19.0. The minimum atomic E-state index is -3.70. The second kappa shape index (κ2) is 6.86. The fraction of sp³-hybridized carbons (Fsp3) is 0.263. The molecule has 0 spiro atoms. The van der Waals surface area contributed by atoms with Gasteiger partial charge in [-0.05, 0) is 30.2 Å². The number of nitrogens with zero attached hydrogens (tertiary/aromatic N) is 3. The van der Waals surface area contributed by atoms with Crippen LogP contribution in [0, 0.1) is 11.7 Å². The molecule has 4 rings (SSSR count). The van der Waals surface area contributed by atoms with Crippen molar-refractivity contribution in [3.63, 3.8) is 0 Å². The molecule has 1 aromatic heterocycles. The normalized spacial score (nSPS) is 20.8. The van der Waals surface area contributed by atoms with Crippen molar-refractivity contribution in [3.05, 3.63) is 66.3 Å². The Bertz CT molecular complexity index is 1040. The lowest BCUT2D eigenvalue weighted by Gasteiger charge is -2.16. The molecule has 140 valence electrons. The van der Waals surface area contributed by atoms with E-state index in [0.29, 0.717) is 18.3 Å². The molecule has 0 amide bonds. The van der Waals surface area contributed by atoms with E-state index in [1.165, 1.54) is 16.4 Å². The SMILES string of the molecule is C[C@H]1CN(S(=O)(=O)c2ccc(F)cc2)C[C@@H]1c1nc(-c2ccccc2)no1. The van der Waals surface area contributed by atoms with Crippen molar-refractivity contribution in [1.29, 1.82) is 0 Å². The van der Waals surface area contributed by atoms with Crippen LogP contribution >= 0.6 is 0 Å². The highest BCUT2D eigenvalue weighted by Crippen LogP contribution is 2.35. The zero-order valence-electron chi connectivity index (χ0n) is 14.6. The van der Waals surface area contributed by atoms with Gasteiger partial charge in [0.05, 0.1) is 10.8 Å². The minimum Gasteiger partial charge on any atom is -0.339 e. The highest BCUT2D eigenvalue weighted by Gasteiger charge is 2.40. The lowest BCUT2D eigenvalue weighted by atomic mass is 9.98. The van der Waals surface area contributed by atoms with Crippen LogP contribution in [0.1, 0.15) is 18.7 Å². The molecule has 1 aliphatic heterocycles. The molecule has 27 heavy (non-hydrogen) atoms. The first-order valence-corrected chi connectivity index (χ1v) is 10.0. The monoisotopic (exact) mass is 387 g/mol. The van der Waals surface area contributed by atoms with Crippen molar-refractivity contribution < 1.29 is 17.3 Å². The van der Waals surface area contributed by atoms with Crippen molar-refractivity contribution in [3.8, 4) is 11.4 Å². The molecule has 0 radical (unpaired) electrons. The average molecular weight is 387 g/mol. The van der Waals surface area contributed by atoms with Crippen LogP contribution in [0.3, 0.4) is 0 Å². The van der Waals surface area contributed by atoms with E-state index in [9.17, 15) is 12.8 Å². The van der Waals surface area contributed by atoms with E-state index >= 15 is 0 Å². The summed E-state index contributed by atoms with van der Waals surface area (Å²) < 4.78 is 45.6. The Morgan fingerprint density at radius 1 is 1.07 bits per heavy atom. The van der Waals surface area contributed by atoms with E-state index < -0.39 is 15.8 Å². The van der Waals surface area contributed by atoms with Crippen LogP contribution in [0.5, 0.6) is 0 Å². The van der Waals surface area contributed by atoms with Gasteiger partial charge in [0.2, 0.25) is 21.7 Å². The Morgan fingerprint density at radius 3 is 2.48 bits per heavy atom. The lowest BCUT2D eigenvalue weighted by molar-refractivity contribution is 0.338. The minimum absolute atomic E-state index is 0.0179. The van der Waals surface area contributed by atoms with E-state index in [0.717, 1.165) is 17.7 Å². The number of aromatic nitrogens is 2. The lowest BCUT2D eigenvalue weighted by Crippen LogP contribution is -2.29. The molecule has 8 heteroatoms. The number of hydrogen-bond donors (Lipinski definition) is 0. The van der Waals surface area contributed by atoms with Gasteiger partial charge in [0.1, 0.15) is 5.82 Å². The van der Waals surface area contributed by atoms with Crippen molar-refractivity contribution in [2.45, 2.75) is 17.7 Å². The van der Waals surface area contributed by atoms with Crippen molar-refractivity contribution in [2.75, 3.05) is 13.1 Å². The molecule has 0 saturated carbocycles. The summed E-state index contributed by atoms with van der Waals surface area (Å²) in [5.41, 5.74) is 0.842. The van der Waals surface area contributed by atoms with Gasteiger partial charge in [-0.1, -0.05) is 42.4 Å². The number of hydrogen-bond acceptors (Lipinski definition) is 5. The predicted octanol–water partition coefficient (Wildman–Crippen LogP) is 3.30. The summed E-state index contributed by atoms with van der Waals surface area (Å²) in [7, 11) is -3.70. The number of rotatable bonds is 4. The van der Waals surface area contributed by atoms with Gasteiger partial charge in [0, 0.05) is 18.7 Å². The summed E-state index contributed by atoms with van der Waals surface area (Å²) >= 11 is 0. The van der Waals surface area contributed by atoms with Gasteiger partial charge in [-0.15, -0.1) is 0 Å². The molecular formula is C19H18FN3O3S. The number of halogens is 1. The maximum atomic E-state index is 13.1. The van der Waals surface area contributed by atoms with Crippen LogP contribution in [0.15, 0.2) is 64.0 Å². The zero-order valence-corrected chi connectivity index (χ0v) is 15.4. The molecule has 2 atom stereocenters. The smallest absolute Gasteiger partial charge is 0.243 e. The molecule has 0 N–H and O–H groups in total. The summed E-state index contributed by atoms with van der Waals surface area (Å²) in [5, 5.41) is 4.02. The quantitative estimate of drug-likeness (QED) is 0.687. The van der Waals surface area contributed by atoms with Gasteiger partial charge in [0.25, 0.3) is 0 Å². The van der Waals surface area contributed by atoms with Gasteiger partial charge in [0.15, 0.2) is 0 Å². The Labute approximate surface area is 156 Å². The maximum Gasteiger partial charge on any atom is 0.243 e. The Kier molecular flexibility index (Phi) is 4.53. The standard InChI is InChI=1S/C19H18FN3O3S/c1-13-11-23(27(24,25)16-9-7-15(20)8-10-16)12-17(13)19-21-18(22-26-19)14-5-3-2-4-6-14/h2-10,13,17H,11-12H2,1H3/t13-,17-/m0/s1. The molecule has 2 heterocycles. The Morgan fingerprint density at radius 2 is 1.78 bits per heavy atom. The average Bonchev–Trinajstić information content (AvgIpc) is 3.30. The van der Waals surface area contributed by atoms with Gasteiger partial charge in [-0.3, -0.25) is 0 Å². The van der Waals surface area contributed by atoms with Crippen LogP contribution in [-0.2, 0) is 10.0 Å². The summed E-state index contributed by atoms with van der Waals surface area (Å²) in [6.45, 7) is 2.54. The van der Waals surface area contributed by atoms with Gasteiger partial charge in [-0.2, -0.15) is 9.29 Å². The second-order valence-corrected chi connectivity index (χ2v) is 8.62. The van der Waals surface area contributed by atoms with Crippen LogP contribution < -0.4 is 0 Å². The van der Waals surface area contributed by atoms with Crippen molar-refractivity contribution >= 4 is 10.0 Å². The molecule has 0 bridgehead atoms.